The number of imidazole rings is 1. The molecule has 0 bridgehead atoms. The van der Waals surface area contributed by atoms with Crippen LogP contribution in [0.15, 0.2) is 42.7 Å². The van der Waals surface area contributed by atoms with Crippen LogP contribution in [-0.2, 0) is 16.0 Å². The maximum Gasteiger partial charge on any atom is 0.325 e. The lowest BCUT2D eigenvalue weighted by Gasteiger charge is -2.20. The van der Waals surface area contributed by atoms with E-state index >= 15 is 0 Å². The average Bonchev–Trinajstić information content (AvgIpc) is 3.47. The molecule has 1 aromatic carbocycles. The minimum Gasteiger partial charge on any atom is -0.349 e. The van der Waals surface area contributed by atoms with E-state index in [2.05, 4.69) is 20.6 Å². The molecule has 2 heterocycles. The summed E-state index contributed by atoms with van der Waals surface area (Å²) in [6.07, 6.45) is 8.01. The Bertz CT molecular complexity index is 891. The van der Waals surface area contributed by atoms with Crippen molar-refractivity contribution >= 4 is 17.8 Å². The van der Waals surface area contributed by atoms with Gasteiger partial charge in [0.1, 0.15) is 11.4 Å². The molecule has 1 atom stereocenters. The summed E-state index contributed by atoms with van der Waals surface area (Å²) in [5, 5.41) is 5.94. The molecule has 8 nitrogen and oxygen atoms in total. The molecule has 1 aromatic heterocycles. The third kappa shape index (κ3) is 4.22. The second-order valence-electron chi connectivity index (χ2n) is 8.05. The molecule has 2 aromatic rings. The van der Waals surface area contributed by atoms with Gasteiger partial charge in [-0.25, -0.2) is 9.78 Å². The fourth-order valence-corrected chi connectivity index (χ4v) is 4.40. The van der Waals surface area contributed by atoms with E-state index in [0.717, 1.165) is 24.2 Å². The molecule has 4 amide bonds. The highest BCUT2D eigenvalue weighted by molar-refractivity contribution is 6.07. The number of imide groups is 1. The van der Waals surface area contributed by atoms with Gasteiger partial charge in [0.2, 0.25) is 5.91 Å². The lowest BCUT2D eigenvalue weighted by molar-refractivity contribution is -0.131. The number of rotatable bonds is 8. The Balaban J connectivity index is 1.31. The minimum absolute atomic E-state index is 0.113. The van der Waals surface area contributed by atoms with Crippen molar-refractivity contribution in [1.29, 1.82) is 0 Å². The highest BCUT2D eigenvalue weighted by Crippen LogP contribution is 2.35. The molecule has 158 valence electrons. The second kappa shape index (κ2) is 8.69. The van der Waals surface area contributed by atoms with E-state index in [1.807, 2.05) is 30.3 Å². The Morgan fingerprint density at radius 2 is 1.97 bits per heavy atom. The predicted molar refractivity (Wildman–Crippen MR) is 110 cm³/mol. The summed E-state index contributed by atoms with van der Waals surface area (Å²) in [6.45, 7) is 0.258. The van der Waals surface area contributed by atoms with Gasteiger partial charge in [0.05, 0.1) is 6.04 Å². The van der Waals surface area contributed by atoms with Crippen LogP contribution < -0.4 is 10.6 Å². The molecule has 1 aliphatic carbocycles. The Morgan fingerprint density at radius 1 is 1.20 bits per heavy atom. The zero-order valence-electron chi connectivity index (χ0n) is 16.9. The van der Waals surface area contributed by atoms with Crippen LogP contribution in [0.5, 0.6) is 0 Å². The highest BCUT2D eigenvalue weighted by atomic mass is 16.2. The van der Waals surface area contributed by atoms with Gasteiger partial charge < -0.3 is 15.6 Å². The predicted octanol–water partition coefficient (Wildman–Crippen LogP) is 2.45. The summed E-state index contributed by atoms with van der Waals surface area (Å²) in [7, 11) is 0. The first-order chi connectivity index (χ1) is 14.6. The molecule has 2 aliphatic rings. The van der Waals surface area contributed by atoms with Crippen molar-refractivity contribution in [2.24, 2.45) is 0 Å². The van der Waals surface area contributed by atoms with E-state index in [1.54, 1.807) is 12.4 Å². The first kappa shape index (κ1) is 20.1. The van der Waals surface area contributed by atoms with Gasteiger partial charge in [-0.15, -0.1) is 0 Å². The number of aromatic amines is 1. The van der Waals surface area contributed by atoms with Crippen LogP contribution in [0.2, 0.25) is 0 Å². The topological polar surface area (TPSA) is 107 Å². The van der Waals surface area contributed by atoms with Gasteiger partial charge in [0, 0.05) is 31.8 Å². The van der Waals surface area contributed by atoms with Crippen molar-refractivity contribution in [2.75, 3.05) is 6.54 Å². The van der Waals surface area contributed by atoms with Crippen LogP contribution in [0.1, 0.15) is 56.0 Å². The minimum atomic E-state index is -0.694. The molecule has 3 N–H and O–H groups in total. The largest absolute Gasteiger partial charge is 0.349 e. The number of nitrogens with zero attached hydrogens (tertiary/aromatic N) is 2. The fraction of sp³-hybridized carbons (Fsp3) is 0.455. The second-order valence-corrected chi connectivity index (χ2v) is 8.05. The fourth-order valence-electron chi connectivity index (χ4n) is 4.40. The van der Waals surface area contributed by atoms with Gasteiger partial charge >= 0.3 is 6.03 Å². The SMILES string of the molecule is O=C(CCCN1C(=O)NC2(CCCC2)C1=O)NC(Cc1ncc[nH]1)c1ccccc1. The Morgan fingerprint density at radius 3 is 2.67 bits per heavy atom. The van der Waals surface area contributed by atoms with Crippen LogP contribution in [0, 0.1) is 0 Å². The number of hydrogen-bond acceptors (Lipinski definition) is 4. The monoisotopic (exact) mass is 409 g/mol. The van der Waals surface area contributed by atoms with Crippen molar-refractivity contribution in [1.82, 2.24) is 25.5 Å². The summed E-state index contributed by atoms with van der Waals surface area (Å²) in [5.74, 6) is 0.550. The number of H-pyrrole nitrogens is 1. The van der Waals surface area contributed by atoms with Gasteiger partial charge in [-0.3, -0.25) is 14.5 Å². The molecule has 1 spiro atoms. The van der Waals surface area contributed by atoms with Crippen molar-refractivity contribution in [3.8, 4) is 0 Å². The normalized spacial score (nSPS) is 18.6. The number of nitrogens with one attached hydrogen (secondary N) is 3. The average molecular weight is 409 g/mol. The molecule has 2 fully saturated rings. The van der Waals surface area contributed by atoms with E-state index in [9.17, 15) is 14.4 Å². The van der Waals surface area contributed by atoms with Crippen LogP contribution in [0.3, 0.4) is 0 Å². The number of benzene rings is 1. The number of carbonyl (C=O) groups excluding carboxylic acids is 3. The third-order valence-electron chi connectivity index (χ3n) is 5.98. The Kier molecular flexibility index (Phi) is 5.83. The molecule has 1 saturated carbocycles. The number of aromatic nitrogens is 2. The summed E-state index contributed by atoms with van der Waals surface area (Å²) in [6, 6.07) is 9.22. The molecule has 0 radical (unpaired) electrons. The Hall–Kier alpha value is -3.16. The third-order valence-corrected chi connectivity index (χ3v) is 5.98. The van der Waals surface area contributed by atoms with Gasteiger partial charge in [-0.2, -0.15) is 0 Å². The summed E-state index contributed by atoms with van der Waals surface area (Å²) in [4.78, 5) is 46.1. The Labute approximate surface area is 175 Å². The molecule has 8 heteroatoms. The lowest BCUT2D eigenvalue weighted by Crippen LogP contribution is -2.44. The lowest BCUT2D eigenvalue weighted by atomic mass is 9.98. The summed E-state index contributed by atoms with van der Waals surface area (Å²) in [5.41, 5.74) is 0.306. The molecule has 1 saturated heterocycles. The van der Waals surface area contributed by atoms with Gasteiger partial charge in [0.25, 0.3) is 5.91 Å². The molecular formula is C22H27N5O3. The van der Waals surface area contributed by atoms with Crippen LogP contribution in [-0.4, -0.2) is 44.8 Å². The van der Waals surface area contributed by atoms with E-state index in [1.165, 1.54) is 4.90 Å². The highest BCUT2D eigenvalue weighted by Gasteiger charge is 2.52. The van der Waals surface area contributed by atoms with Gasteiger partial charge in [-0.1, -0.05) is 43.2 Å². The first-order valence-electron chi connectivity index (χ1n) is 10.5. The first-order valence-corrected chi connectivity index (χ1v) is 10.5. The van der Waals surface area contributed by atoms with E-state index in [4.69, 9.17) is 0 Å². The number of amides is 4. The molecule has 30 heavy (non-hydrogen) atoms. The quantitative estimate of drug-likeness (QED) is 0.582. The molecule has 1 unspecified atom stereocenters. The van der Waals surface area contributed by atoms with Crippen molar-refractivity contribution in [3.63, 3.8) is 0 Å². The number of hydrogen-bond donors (Lipinski definition) is 3. The van der Waals surface area contributed by atoms with Crippen LogP contribution in [0.4, 0.5) is 4.79 Å². The smallest absolute Gasteiger partial charge is 0.325 e. The van der Waals surface area contributed by atoms with Gasteiger partial charge in [0.15, 0.2) is 0 Å². The van der Waals surface area contributed by atoms with Crippen molar-refractivity contribution in [3.05, 3.63) is 54.1 Å². The molecule has 1 aliphatic heterocycles. The van der Waals surface area contributed by atoms with Crippen molar-refractivity contribution < 1.29 is 14.4 Å². The molecular weight excluding hydrogens is 382 g/mol. The number of urea groups is 1. The number of carbonyl (C=O) groups is 3. The van der Waals surface area contributed by atoms with E-state index in [0.29, 0.717) is 25.7 Å². The van der Waals surface area contributed by atoms with Crippen LogP contribution in [0.25, 0.3) is 0 Å². The zero-order chi connectivity index (χ0) is 21.0. The summed E-state index contributed by atoms with van der Waals surface area (Å²) >= 11 is 0. The zero-order valence-corrected chi connectivity index (χ0v) is 16.9. The maximum atomic E-state index is 12.7. The van der Waals surface area contributed by atoms with E-state index < -0.39 is 5.54 Å². The maximum absolute atomic E-state index is 12.7. The van der Waals surface area contributed by atoms with Crippen molar-refractivity contribution in [2.45, 2.75) is 56.5 Å². The summed E-state index contributed by atoms with van der Waals surface area (Å²) < 4.78 is 0. The van der Waals surface area contributed by atoms with Crippen LogP contribution >= 0.6 is 0 Å². The van der Waals surface area contributed by atoms with Gasteiger partial charge in [-0.05, 0) is 24.8 Å². The standard InChI is InChI=1S/C22H27N5O3/c28-19(9-6-14-27-20(29)22(26-21(27)30)10-4-5-11-22)25-17(15-18-23-12-13-24-18)16-7-2-1-3-8-16/h1-3,7-8,12-13,17H,4-6,9-11,14-15H2,(H,23,24)(H,25,28)(H,26,30). The van der Waals surface area contributed by atoms with E-state index in [-0.39, 0.29) is 36.9 Å². The molecule has 4 rings (SSSR count).